The third kappa shape index (κ3) is 99.8. The van der Waals surface area contributed by atoms with Crippen molar-refractivity contribution in [3.63, 3.8) is 0 Å². The molecule has 10 heavy (non-hydrogen) atoms. The number of hydrogen-bond acceptors (Lipinski definition) is 4. The van der Waals surface area contributed by atoms with Gasteiger partial charge < -0.3 is 0 Å². The van der Waals surface area contributed by atoms with Crippen molar-refractivity contribution in [3.05, 3.63) is 0 Å². The summed E-state index contributed by atoms with van der Waals surface area (Å²) in [4.78, 5) is 7.65. The Morgan fingerprint density at radius 2 is 1.50 bits per heavy atom. The molecule has 0 saturated carbocycles. The van der Waals surface area contributed by atoms with Gasteiger partial charge in [0.1, 0.15) is 9.84 Å². The zero-order valence-electron chi connectivity index (χ0n) is 5.94. The molecule has 0 aromatic carbocycles. The van der Waals surface area contributed by atoms with Crippen molar-refractivity contribution in [1.29, 1.82) is 0 Å². The third-order valence-electron chi connectivity index (χ3n) is 0.156. The minimum absolute atomic E-state index is 1.16. The fraction of sp³-hybridized carbons (Fsp3) is 1.00. The average Bonchev–Trinajstić information content (AvgIpc) is 1.61. The van der Waals surface area contributed by atoms with Crippen LogP contribution in [0.4, 0.5) is 0 Å². The Labute approximate surface area is 60.9 Å². The Kier molecular flexibility index (Phi) is 7.24. The first-order valence-corrected chi connectivity index (χ1v) is 5.55. The highest BCUT2D eigenvalue weighted by atomic mass is 32.2. The monoisotopic (exact) mass is 189 g/mol. The molecule has 5 nitrogen and oxygen atoms in total. The van der Waals surface area contributed by atoms with Crippen molar-refractivity contribution in [1.82, 2.24) is 0 Å². The highest BCUT2D eigenvalue weighted by molar-refractivity contribution is 7.89. The van der Waals surface area contributed by atoms with E-state index in [1.54, 1.807) is 0 Å². The summed E-state index contributed by atoms with van der Waals surface area (Å²) in [5.41, 5.74) is 0. The molecule has 0 heterocycles. The zero-order valence-corrected chi connectivity index (χ0v) is 7.65. The molecule has 0 aliphatic rings. The summed E-state index contributed by atoms with van der Waals surface area (Å²) in [6.45, 7) is 0. The lowest BCUT2D eigenvalue weighted by molar-refractivity contribution is 0.343. The lowest BCUT2D eigenvalue weighted by Gasteiger charge is -1.69. The van der Waals surface area contributed by atoms with Gasteiger partial charge in [0, 0.05) is 17.1 Å². The molecule has 62 valence electrons. The lowest BCUT2D eigenvalue weighted by Crippen LogP contribution is -1.86. The van der Waals surface area contributed by atoms with Crippen molar-refractivity contribution in [2.75, 3.05) is 19.6 Å². The van der Waals surface area contributed by atoms with E-state index in [-0.39, 0.29) is 0 Å². The third-order valence-corrected chi connectivity index (χ3v) is 0.469. The predicted molar refractivity (Wildman–Crippen MR) is 37.6 cm³/mol. The van der Waals surface area contributed by atoms with Crippen LogP contribution >= 0.6 is 8.25 Å². The van der Waals surface area contributed by atoms with E-state index in [0.29, 0.717) is 0 Å². The Hall–Kier alpha value is -0.0300. The van der Waals surface area contributed by atoms with Gasteiger partial charge in [-0.05, 0) is 0 Å². The fourth-order valence-corrected chi connectivity index (χ4v) is 0. The van der Waals surface area contributed by atoms with E-state index in [0.717, 1.165) is 12.5 Å². The van der Waals surface area contributed by atoms with Gasteiger partial charge in [0.05, 0.1) is 7.11 Å². The van der Waals surface area contributed by atoms with Crippen molar-refractivity contribution < 1.29 is 22.4 Å². The highest BCUT2D eigenvalue weighted by Gasteiger charge is 2.02. The molecule has 0 saturated heterocycles. The molecule has 0 aliphatic heterocycles. The van der Waals surface area contributed by atoms with E-state index in [2.05, 4.69) is 4.52 Å². The SMILES string of the molecule is CO[P+](=O)O.CS(C)(=O)=O. The van der Waals surface area contributed by atoms with Crippen molar-refractivity contribution in [2.45, 2.75) is 0 Å². The van der Waals surface area contributed by atoms with Crippen LogP contribution in [0.25, 0.3) is 0 Å². The standard InChI is InChI=1S/C2H6O2S.CH3O3P/c1-5(2,3)4;1-4-5(2)3/h1-2H3;1H3/p+1. The van der Waals surface area contributed by atoms with E-state index in [9.17, 15) is 13.0 Å². The van der Waals surface area contributed by atoms with Gasteiger partial charge in [0.15, 0.2) is 0 Å². The van der Waals surface area contributed by atoms with Gasteiger partial charge in [0.2, 0.25) is 0 Å². The van der Waals surface area contributed by atoms with E-state index < -0.39 is 18.1 Å². The number of sulfone groups is 1. The number of hydrogen-bond donors (Lipinski definition) is 1. The number of rotatable bonds is 1. The normalized spacial score (nSPS) is 11.4. The van der Waals surface area contributed by atoms with Crippen LogP contribution in [0.1, 0.15) is 0 Å². The van der Waals surface area contributed by atoms with Crippen molar-refractivity contribution >= 4 is 18.1 Å². The van der Waals surface area contributed by atoms with E-state index in [4.69, 9.17) is 4.89 Å². The predicted octanol–water partition coefficient (Wildman–Crippen LogP) is -0.0567. The second-order valence-corrected chi connectivity index (χ2v) is 4.69. The summed E-state index contributed by atoms with van der Waals surface area (Å²) in [5.74, 6) is 0. The molecule has 1 unspecified atom stereocenters. The first-order chi connectivity index (χ1) is 4.27. The van der Waals surface area contributed by atoms with Crippen LogP contribution in [0.2, 0.25) is 0 Å². The van der Waals surface area contributed by atoms with Gasteiger partial charge >= 0.3 is 8.25 Å². The molecular weight excluding hydrogens is 179 g/mol. The molecule has 0 rings (SSSR count). The second-order valence-electron chi connectivity index (χ2n) is 1.56. The first-order valence-electron chi connectivity index (χ1n) is 2.12. The molecule has 0 spiro atoms. The summed E-state index contributed by atoms with van der Waals surface area (Å²) >= 11 is 0. The fourth-order valence-electron chi connectivity index (χ4n) is 0. The van der Waals surface area contributed by atoms with Crippen LogP contribution in [0.3, 0.4) is 0 Å². The highest BCUT2D eigenvalue weighted by Crippen LogP contribution is 2.09. The van der Waals surface area contributed by atoms with Gasteiger partial charge in [-0.1, -0.05) is 0 Å². The molecule has 0 fully saturated rings. The zero-order chi connectivity index (χ0) is 8.78. The quantitative estimate of drug-likeness (QED) is 0.584. The van der Waals surface area contributed by atoms with Crippen molar-refractivity contribution in [3.8, 4) is 0 Å². The maximum atomic E-state index is 9.63. The smallest absolute Gasteiger partial charge is 0.229 e. The maximum absolute atomic E-state index is 9.63. The first kappa shape index (κ1) is 12.6. The molecule has 0 radical (unpaired) electrons. The Morgan fingerprint density at radius 3 is 1.50 bits per heavy atom. The van der Waals surface area contributed by atoms with Crippen LogP contribution in [-0.2, 0) is 18.9 Å². The molecule has 0 aliphatic carbocycles. The summed E-state index contributed by atoms with van der Waals surface area (Å²) in [6.07, 6.45) is 2.32. The van der Waals surface area contributed by atoms with Crippen LogP contribution in [0.5, 0.6) is 0 Å². The molecule has 1 N–H and O–H groups in total. The van der Waals surface area contributed by atoms with Crippen molar-refractivity contribution in [2.24, 2.45) is 0 Å². The summed E-state index contributed by atoms with van der Waals surface area (Å²) in [6, 6.07) is 0. The minimum Gasteiger partial charge on any atom is -0.229 e. The molecule has 7 heteroatoms. The molecule has 0 aromatic heterocycles. The Balaban J connectivity index is 0. The molecule has 0 bridgehead atoms. The van der Waals surface area contributed by atoms with Gasteiger partial charge in [0.25, 0.3) is 0 Å². The lowest BCUT2D eigenvalue weighted by atomic mass is 11.8. The molecular formula is C3H10O5PS+. The van der Waals surface area contributed by atoms with E-state index in [1.165, 1.54) is 7.11 Å². The summed E-state index contributed by atoms with van der Waals surface area (Å²) in [5, 5.41) is 0. The molecule has 1 atom stereocenters. The summed E-state index contributed by atoms with van der Waals surface area (Å²) in [7, 11) is -3.85. The van der Waals surface area contributed by atoms with Gasteiger partial charge in [-0.2, -0.15) is 0 Å². The van der Waals surface area contributed by atoms with Crippen LogP contribution in [-0.4, -0.2) is 32.9 Å². The van der Waals surface area contributed by atoms with Gasteiger partial charge in [-0.15, -0.1) is 9.42 Å². The van der Waals surface area contributed by atoms with E-state index in [1.807, 2.05) is 0 Å². The summed E-state index contributed by atoms with van der Waals surface area (Å²) < 4.78 is 32.4. The van der Waals surface area contributed by atoms with Crippen LogP contribution < -0.4 is 0 Å². The maximum Gasteiger partial charge on any atom is 0.694 e. The van der Waals surface area contributed by atoms with E-state index >= 15 is 0 Å². The topological polar surface area (TPSA) is 80.7 Å². The van der Waals surface area contributed by atoms with Gasteiger partial charge in [-0.3, -0.25) is 0 Å². The largest absolute Gasteiger partial charge is 0.694 e. The molecule has 0 amide bonds. The minimum atomic E-state index is -2.67. The second kappa shape index (κ2) is 5.73. The van der Waals surface area contributed by atoms with Crippen LogP contribution in [0.15, 0.2) is 0 Å². The molecule has 0 aromatic rings. The van der Waals surface area contributed by atoms with Crippen LogP contribution in [0, 0.1) is 0 Å². The Morgan fingerprint density at radius 1 is 1.40 bits per heavy atom. The average molecular weight is 189 g/mol. The van der Waals surface area contributed by atoms with Gasteiger partial charge in [-0.25, -0.2) is 8.42 Å². The Bertz CT molecular complexity index is 175.